The number of ether oxygens (including phenoxy) is 1. The molecule has 2 rings (SSSR count). The Balaban J connectivity index is 1.64. The van der Waals surface area contributed by atoms with Crippen LogP contribution in [0.3, 0.4) is 0 Å². The summed E-state index contributed by atoms with van der Waals surface area (Å²) in [5.74, 6) is 0.480. The number of furan rings is 1. The number of hydrogen-bond donors (Lipinski definition) is 2. The zero-order chi connectivity index (χ0) is 15.1. The van der Waals surface area contributed by atoms with Gasteiger partial charge in [-0.05, 0) is 38.1 Å². The fourth-order valence-electron chi connectivity index (χ4n) is 1.96. The summed E-state index contributed by atoms with van der Waals surface area (Å²) in [7, 11) is 0. The maximum Gasteiger partial charge on any atom is 0.372 e. The third kappa shape index (κ3) is 4.65. The van der Waals surface area contributed by atoms with Crippen molar-refractivity contribution < 1.29 is 19.1 Å². The van der Waals surface area contributed by atoms with Crippen LogP contribution in [0.25, 0.3) is 0 Å². The number of carboxylic acid groups (broad SMARTS) is 1. The topological polar surface area (TPSA) is 71.7 Å². The second-order valence-electron chi connectivity index (χ2n) is 4.72. The van der Waals surface area contributed by atoms with Crippen molar-refractivity contribution >= 4 is 5.97 Å². The summed E-state index contributed by atoms with van der Waals surface area (Å²) in [5.41, 5.74) is 0.645. The highest BCUT2D eigenvalue weighted by molar-refractivity contribution is 5.86. The molecule has 0 aliphatic carbocycles. The molecule has 0 saturated carbocycles. The third-order valence-corrected chi connectivity index (χ3v) is 2.97. The first-order chi connectivity index (χ1) is 10.2. The first-order valence-electron chi connectivity index (χ1n) is 6.88. The number of rotatable bonds is 8. The molecule has 1 heterocycles. The second kappa shape index (κ2) is 7.50. The van der Waals surface area contributed by atoms with Crippen LogP contribution in [-0.4, -0.2) is 24.2 Å². The Morgan fingerprint density at radius 1 is 1.33 bits per heavy atom. The first kappa shape index (κ1) is 15.1. The van der Waals surface area contributed by atoms with E-state index in [1.165, 1.54) is 0 Å². The number of benzene rings is 1. The lowest BCUT2D eigenvalue weighted by molar-refractivity contribution is 0.0659. The molecule has 0 atom stereocenters. The molecule has 0 fully saturated rings. The van der Waals surface area contributed by atoms with E-state index in [1.807, 2.05) is 30.3 Å². The van der Waals surface area contributed by atoms with Crippen molar-refractivity contribution in [3.63, 3.8) is 0 Å². The van der Waals surface area contributed by atoms with Gasteiger partial charge in [0.25, 0.3) is 0 Å². The van der Waals surface area contributed by atoms with E-state index in [2.05, 4.69) is 5.32 Å². The minimum absolute atomic E-state index is 0.0132. The molecule has 1 aromatic heterocycles. The predicted molar refractivity (Wildman–Crippen MR) is 78.7 cm³/mol. The van der Waals surface area contributed by atoms with Gasteiger partial charge in [0.05, 0.1) is 13.2 Å². The lowest BCUT2D eigenvalue weighted by Gasteiger charge is -2.06. The van der Waals surface area contributed by atoms with Crippen molar-refractivity contribution in [1.82, 2.24) is 5.32 Å². The molecule has 0 radical (unpaired) electrons. The number of para-hydroxylation sites is 1. The monoisotopic (exact) mass is 289 g/mol. The quantitative estimate of drug-likeness (QED) is 0.731. The Morgan fingerprint density at radius 2 is 2.10 bits per heavy atom. The van der Waals surface area contributed by atoms with Crippen LogP contribution in [0, 0.1) is 6.92 Å². The standard InChI is InChI=1S/C16H19NO4/c1-12-10-14(21-15(12)16(18)19)11-17-8-5-9-20-13-6-3-2-4-7-13/h2-4,6-7,10,17H,5,8-9,11H2,1H3,(H,18,19). The predicted octanol–water partition coefficient (Wildman–Crippen LogP) is 2.84. The average Bonchev–Trinajstić information content (AvgIpc) is 2.85. The van der Waals surface area contributed by atoms with E-state index in [-0.39, 0.29) is 5.76 Å². The van der Waals surface area contributed by atoms with Crippen molar-refractivity contribution in [2.45, 2.75) is 19.9 Å². The Morgan fingerprint density at radius 3 is 2.76 bits per heavy atom. The number of nitrogens with one attached hydrogen (secondary N) is 1. The lowest BCUT2D eigenvalue weighted by atomic mass is 10.2. The molecule has 0 unspecified atom stereocenters. The van der Waals surface area contributed by atoms with E-state index in [1.54, 1.807) is 13.0 Å². The normalized spacial score (nSPS) is 10.5. The van der Waals surface area contributed by atoms with E-state index in [0.29, 0.717) is 24.5 Å². The Bertz CT molecular complexity index is 577. The molecule has 21 heavy (non-hydrogen) atoms. The molecular formula is C16H19NO4. The van der Waals surface area contributed by atoms with Gasteiger partial charge in [-0.2, -0.15) is 0 Å². The fourth-order valence-corrected chi connectivity index (χ4v) is 1.96. The summed E-state index contributed by atoms with van der Waals surface area (Å²) in [6.45, 7) is 3.65. The van der Waals surface area contributed by atoms with Gasteiger partial charge in [-0.25, -0.2) is 4.79 Å². The summed E-state index contributed by atoms with van der Waals surface area (Å²) in [4.78, 5) is 10.9. The number of hydrogen-bond acceptors (Lipinski definition) is 4. The molecule has 5 heteroatoms. The zero-order valence-corrected chi connectivity index (χ0v) is 12.0. The molecule has 0 amide bonds. The van der Waals surface area contributed by atoms with Crippen molar-refractivity contribution in [3.05, 3.63) is 53.5 Å². The zero-order valence-electron chi connectivity index (χ0n) is 12.0. The largest absolute Gasteiger partial charge is 0.494 e. The molecule has 2 aromatic rings. The summed E-state index contributed by atoms with van der Waals surface area (Å²) >= 11 is 0. The average molecular weight is 289 g/mol. The Hall–Kier alpha value is -2.27. The van der Waals surface area contributed by atoms with Crippen LogP contribution in [0.15, 0.2) is 40.8 Å². The van der Waals surface area contributed by atoms with Crippen LogP contribution in [0.1, 0.15) is 28.3 Å². The first-order valence-corrected chi connectivity index (χ1v) is 6.88. The number of carbonyl (C=O) groups is 1. The van der Waals surface area contributed by atoms with Crippen LogP contribution in [0.4, 0.5) is 0 Å². The number of carboxylic acids is 1. The Labute approximate surface area is 123 Å². The molecule has 1 aromatic carbocycles. The van der Waals surface area contributed by atoms with E-state index < -0.39 is 5.97 Å². The third-order valence-electron chi connectivity index (χ3n) is 2.97. The Kier molecular flexibility index (Phi) is 5.40. The molecule has 112 valence electrons. The van der Waals surface area contributed by atoms with Gasteiger partial charge in [-0.15, -0.1) is 0 Å². The van der Waals surface area contributed by atoms with Crippen LogP contribution in [-0.2, 0) is 6.54 Å². The highest BCUT2D eigenvalue weighted by atomic mass is 16.5. The minimum Gasteiger partial charge on any atom is -0.494 e. The van der Waals surface area contributed by atoms with Gasteiger partial charge in [0, 0.05) is 5.56 Å². The molecule has 2 N–H and O–H groups in total. The lowest BCUT2D eigenvalue weighted by Crippen LogP contribution is -2.16. The highest BCUT2D eigenvalue weighted by Crippen LogP contribution is 2.14. The number of aromatic carboxylic acids is 1. The van der Waals surface area contributed by atoms with E-state index >= 15 is 0 Å². The second-order valence-corrected chi connectivity index (χ2v) is 4.72. The molecule has 0 bridgehead atoms. The molecular weight excluding hydrogens is 270 g/mol. The molecule has 0 aliphatic rings. The van der Waals surface area contributed by atoms with E-state index in [9.17, 15) is 4.79 Å². The molecule has 5 nitrogen and oxygen atoms in total. The van der Waals surface area contributed by atoms with Crippen molar-refractivity contribution in [2.75, 3.05) is 13.2 Å². The fraction of sp³-hybridized carbons (Fsp3) is 0.312. The van der Waals surface area contributed by atoms with Gasteiger partial charge in [-0.3, -0.25) is 0 Å². The van der Waals surface area contributed by atoms with Crippen molar-refractivity contribution in [1.29, 1.82) is 0 Å². The van der Waals surface area contributed by atoms with Gasteiger partial charge < -0.3 is 19.6 Å². The van der Waals surface area contributed by atoms with Crippen LogP contribution in [0.2, 0.25) is 0 Å². The van der Waals surface area contributed by atoms with E-state index in [0.717, 1.165) is 18.7 Å². The highest BCUT2D eigenvalue weighted by Gasteiger charge is 2.13. The SMILES string of the molecule is Cc1cc(CNCCCOc2ccccc2)oc1C(=O)O. The van der Waals surface area contributed by atoms with Gasteiger partial charge >= 0.3 is 5.97 Å². The van der Waals surface area contributed by atoms with Crippen LogP contribution in [0.5, 0.6) is 5.75 Å². The van der Waals surface area contributed by atoms with E-state index in [4.69, 9.17) is 14.3 Å². The van der Waals surface area contributed by atoms with Crippen molar-refractivity contribution in [3.8, 4) is 5.75 Å². The van der Waals surface area contributed by atoms with Gasteiger partial charge in [0.15, 0.2) is 0 Å². The molecule has 0 spiro atoms. The van der Waals surface area contributed by atoms with Crippen molar-refractivity contribution in [2.24, 2.45) is 0 Å². The summed E-state index contributed by atoms with van der Waals surface area (Å²) in [6, 6.07) is 11.4. The smallest absolute Gasteiger partial charge is 0.372 e. The summed E-state index contributed by atoms with van der Waals surface area (Å²) in [5, 5.41) is 12.1. The minimum atomic E-state index is -1.03. The maximum atomic E-state index is 10.9. The molecule has 0 saturated heterocycles. The van der Waals surface area contributed by atoms with Gasteiger partial charge in [0.1, 0.15) is 11.5 Å². The number of aryl methyl sites for hydroxylation is 1. The maximum absolute atomic E-state index is 10.9. The van der Waals surface area contributed by atoms with Crippen LogP contribution < -0.4 is 10.1 Å². The summed E-state index contributed by atoms with van der Waals surface area (Å²) in [6.07, 6.45) is 0.861. The van der Waals surface area contributed by atoms with Crippen LogP contribution >= 0.6 is 0 Å². The van der Waals surface area contributed by atoms with Gasteiger partial charge in [0.2, 0.25) is 5.76 Å². The summed E-state index contributed by atoms with van der Waals surface area (Å²) < 4.78 is 10.8. The molecule has 0 aliphatic heterocycles. The van der Waals surface area contributed by atoms with Gasteiger partial charge in [-0.1, -0.05) is 18.2 Å².